The molecule has 110 valence electrons. The van der Waals surface area contributed by atoms with E-state index in [0.717, 1.165) is 6.54 Å². The number of carbonyl (C=O) groups is 3. The molecule has 8 nitrogen and oxygen atoms in total. The molecule has 0 radical (unpaired) electrons. The summed E-state index contributed by atoms with van der Waals surface area (Å²) in [5.41, 5.74) is 4.93. The van der Waals surface area contributed by atoms with Gasteiger partial charge in [-0.05, 0) is 20.0 Å². The van der Waals surface area contributed by atoms with Gasteiger partial charge in [-0.1, -0.05) is 6.92 Å². The van der Waals surface area contributed by atoms with Crippen LogP contribution in [-0.2, 0) is 9.59 Å². The van der Waals surface area contributed by atoms with Crippen molar-refractivity contribution in [1.82, 2.24) is 15.5 Å². The fourth-order valence-corrected chi connectivity index (χ4v) is 1.27. The van der Waals surface area contributed by atoms with Gasteiger partial charge in [0.15, 0.2) is 0 Å². The summed E-state index contributed by atoms with van der Waals surface area (Å²) in [7, 11) is 1.91. The molecular weight excluding hydrogens is 252 g/mol. The van der Waals surface area contributed by atoms with Crippen molar-refractivity contribution in [3.63, 3.8) is 0 Å². The minimum absolute atomic E-state index is 0.0209. The van der Waals surface area contributed by atoms with E-state index in [1.807, 2.05) is 18.9 Å². The molecule has 0 spiro atoms. The van der Waals surface area contributed by atoms with Crippen LogP contribution in [0.1, 0.15) is 19.8 Å². The van der Waals surface area contributed by atoms with Crippen LogP contribution in [0.4, 0.5) is 4.79 Å². The molecule has 0 bridgehead atoms. The molecule has 1 atom stereocenters. The Bertz CT molecular complexity index is 322. The van der Waals surface area contributed by atoms with Crippen molar-refractivity contribution in [2.45, 2.75) is 25.8 Å². The minimum atomic E-state index is -1.19. The Kier molecular flexibility index (Phi) is 8.27. The van der Waals surface area contributed by atoms with E-state index in [-0.39, 0.29) is 12.8 Å². The summed E-state index contributed by atoms with van der Waals surface area (Å²) < 4.78 is 0. The maximum atomic E-state index is 11.5. The second-order valence-corrected chi connectivity index (χ2v) is 4.19. The highest BCUT2D eigenvalue weighted by molar-refractivity contribution is 5.83. The van der Waals surface area contributed by atoms with Crippen molar-refractivity contribution < 1.29 is 19.5 Å². The lowest BCUT2D eigenvalue weighted by molar-refractivity contribution is -0.139. The van der Waals surface area contributed by atoms with Gasteiger partial charge in [-0.15, -0.1) is 0 Å². The van der Waals surface area contributed by atoms with Crippen LogP contribution in [0.5, 0.6) is 0 Å². The molecule has 3 amide bonds. The lowest BCUT2D eigenvalue weighted by Crippen LogP contribution is -2.47. The molecule has 0 aliphatic carbocycles. The van der Waals surface area contributed by atoms with Gasteiger partial charge in [-0.2, -0.15) is 0 Å². The van der Waals surface area contributed by atoms with Gasteiger partial charge in [0.1, 0.15) is 6.04 Å². The molecule has 19 heavy (non-hydrogen) atoms. The zero-order chi connectivity index (χ0) is 14.8. The Morgan fingerprint density at radius 1 is 1.37 bits per heavy atom. The quantitative estimate of drug-likeness (QED) is 0.427. The summed E-state index contributed by atoms with van der Waals surface area (Å²) in [4.78, 5) is 34.9. The van der Waals surface area contributed by atoms with Crippen molar-refractivity contribution in [3.8, 4) is 0 Å². The zero-order valence-electron chi connectivity index (χ0n) is 11.3. The molecule has 0 aromatic carbocycles. The summed E-state index contributed by atoms with van der Waals surface area (Å²) in [5.74, 6) is -1.79. The zero-order valence-corrected chi connectivity index (χ0v) is 11.3. The highest BCUT2D eigenvalue weighted by Crippen LogP contribution is 1.97. The van der Waals surface area contributed by atoms with Crippen LogP contribution in [0, 0.1) is 0 Å². The molecule has 0 fully saturated rings. The van der Waals surface area contributed by atoms with Crippen LogP contribution in [-0.4, -0.2) is 60.6 Å². The molecule has 0 aromatic heterocycles. The second-order valence-electron chi connectivity index (χ2n) is 4.19. The number of likely N-dealkylation sites (N-methyl/N-ethyl adjacent to an activating group) is 1. The van der Waals surface area contributed by atoms with Gasteiger partial charge in [-0.3, -0.25) is 4.79 Å². The number of nitrogens with two attached hydrogens (primary N) is 1. The molecule has 0 rings (SSSR count). The molecule has 0 aromatic rings. The third kappa shape index (κ3) is 8.83. The Hall–Kier alpha value is -1.83. The van der Waals surface area contributed by atoms with E-state index < -0.39 is 23.9 Å². The van der Waals surface area contributed by atoms with Crippen molar-refractivity contribution in [2.75, 3.05) is 26.7 Å². The highest BCUT2D eigenvalue weighted by atomic mass is 16.4. The maximum Gasteiger partial charge on any atom is 0.326 e. The first-order chi connectivity index (χ1) is 8.86. The van der Waals surface area contributed by atoms with E-state index in [0.29, 0.717) is 13.1 Å². The first-order valence-corrected chi connectivity index (χ1v) is 6.10. The largest absolute Gasteiger partial charge is 0.480 e. The summed E-state index contributed by atoms with van der Waals surface area (Å²) in [6, 6.07) is -1.68. The van der Waals surface area contributed by atoms with Crippen LogP contribution in [0.3, 0.4) is 0 Å². The fraction of sp³-hybridized carbons (Fsp3) is 0.727. The maximum absolute atomic E-state index is 11.5. The third-order valence-corrected chi connectivity index (χ3v) is 2.60. The van der Waals surface area contributed by atoms with Gasteiger partial charge in [0.2, 0.25) is 5.91 Å². The smallest absolute Gasteiger partial charge is 0.326 e. The van der Waals surface area contributed by atoms with Crippen molar-refractivity contribution >= 4 is 17.9 Å². The summed E-state index contributed by atoms with van der Waals surface area (Å²) in [5, 5.41) is 13.7. The normalized spacial score (nSPS) is 11.9. The number of rotatable bonds is 9. The van der Waals surface area contributed by atoms with Crippen molar-refractivity contribution in [3.05, 3.63) is 0 Å². The number of carboxylic acids is 1. The monoisotopic (exact) mass is 274 g/mol. The summed E-state index contributed by atoms with van der Waals surface area (Å²) in [6.45, 7) is 3.94. The van der Waals surface area contributed by atoms with E-state index in [4.69, 9.17) is 10.8 Å². The molecule has 0 heterocycles. The van der Waals surface area contributed by atoms with Gasteiger partial charge in [0, 0.05) is 19.5 Å². The molecule has 0 aliphatic rings. The fourth-order valence-electron chi connectivity index (χ4n) is 1.27. The number of hydrogen-bond donors (Lipinski definition) is 4. The summed E-state index contributed by atoms with van der Waals surface area (Å²) >= 11 is 0. The predicted molar refractivity (Wildman–Crippen MR) is 69.6 cm³/mol. The number of aliphatic carboxylic acids is 1. The van der Waals surface area contributed by atoms with Crippen molar-refractivity contribution in [2.24, 2.45) is 5.73 Å². The second kappa shape index (κ2) is 9.15. The molecule has 1 unspecified atom stereocenters. The van der Waals surface area contributed by atoms with Gasteiger partial charge < -0.3 is 26.4 Å². The molecule has 8 heteroatoms. The Morgan fingerprint density at radius 2 is 2.00 bits per heavy atom. The van der Waals surface area contributed by atoms with Crippen LogP contribution in [0.25, 0.3) is 0 Å². The van der Waals surface area contributed by atoms with Crippen LogP contribution < -0.4 is 16.4 Å². The lowest BCUT2D eigenvalue weighted by Gasteiger charge is -2.16. The number of carbonyl (C=O) groups excluding carboxylic acids is 2. The lowest BCUT2D eigenvalue weighted by atomic mass is 10.1. The molecule has 5 N–H and O–H groups in total. The Morgan fingerprint density at radius 3 is 2.47 bits per heavy atom. The number of carboxylic acid groups (broad SMARTS) is 1. The number of urea groups is 1. The molecule has 0 saturated carbocycles. The Balaban J connectivity index is 4.03. The van der Waals surface area contributed by atoms with Crippen LogP contribution in [0.15, 0.2) is 0 Å². The highest BCUT2D eigenvalue weighted by Gasteiger charge is 2.20. The van der Waals surface area contributed by atoms with Gasteiger partial charge in [0.05, 0.1) is 0 Å². The average Bonchev–Trinajstić information content (AvgIpc) is 2.33. The van der Waals surface area contributed by atoms with E-state index in [1.165, 1.54) is 0 Å². The topological polar surface area (TPSA) is 125 Å². The number of hydrogen-bond acceptors (Lipinski definition) is 4. The van der Waals surface area contributed by atoms with E-state index >= 15 is 0 Å². The van der Waals surface area contributed by atoms with Gasteiger partial charge in [0.25, 0.3) is 0 Å². The van der Waals surface area contributed by atoms with Crippen molar-refractivity contribution in [1.29, 1.82) is 0 Å². The van der Waals surface area contributed by atoms with E-state index in [1.54, 1.807) is 0 Å². The number of primary amides is 1. The molecule has 0 saturated heterocycles. The minimum Gasteiger partial charge on any atom is -0.480 e. The van der Waals surface area contributed by atoms with Gasteiger partial charge >= 0.3 is 12.0 Å². The van der Waals surface area contributed by atoms with Crippen LogP contribution >= 0.6 is 0 Å². The molecular formula is C11H22N4O4. The van der Waals surface area contributed by atoms with Crippen LogP contribution in [0.2, 0.25) is 0 Å². The number of nitrogens with zero attached hydrogens (tertiary/aromatic N) is 1. The van der Waals surface area contributed by atoms with Gasteiger partial charge in [-0.25, -0.2) is 9.59 Å². The molecule has 0 aliphatic heterocycles. The summed E-state index contributed by atoms with van der Waals surface area (Å²) in [6.07, 6.45) is -0.108. The number of nitrogens with one attached hydrogen (secondary N) is 2. The van der Waals surface area contributed by atoms with E-state index in [2.05, 4.69) is 10.6 Å². The SMILES string of the molecule is CCN(C)CCNC(=O)NC(CCC(N)=O)C(=O)O. The third-order valence-electron chi connectivity index (χ3n) is 2.60. The first-order valence-electron chi connectivity index (χ1n) is 6.10. The standard InChI is InChI=1S/C11H22N4O4/c1-3-15(2)7-6-13-11(19)14-8(10(17)18)4-5-9(12)16/h8H,3-7H2,1-2H3,(H2,12,16)(H,17,18)(H2,13,14,19). The average molecular weight is 274 g/mol. The first kappa shape index (κ1) is 17.2. The predicted octanol–water partition coefficient (Wildman–Crippen LogP) is -1.04. The number of amides is 3. The Labute approximate surface area is 112 Å². The van der Waals surface area contributed by atoms with E-state index in [9.17, 15) is 14.4 Å².